The van der Waals surface area contributed by atoms with E-state index in [4.69, 9.17) is 4.74 Å². The summed E-state index contributed by atoms with van der Waals surface area (Å²) in [5.74, 6) is 0.599. The lowest BCUT2D eigenvalue weighted by Gasteiger charge is -2.31. The Morgan fingerprint density at radius 2 is 1.88 bits per heavy atom. The van der Waals surface area contributed by atoms with Crippen LogP contribution < -0.4 is 0 Å². The third-order valence-electron chi connectivity index (χ3n) is 2.81. The Bertz CT molecular complexity index is 255. The fraction of sp³-hybridized carbons (Fsp3) is 0.786. The molecule has 0 aliphatic rings. The van der Waals surface area contributed by atoms with Crippen molar-refractivity contribution in [2.45, 2.75) is 66.1 Å². The van der Waals surface area contributed by atoms with Crippen molar-refractivity contribution in [1.29, 1.82) is 0 Å². The molecule has 0 heterocycles. The molecule has 0 N–H and O–H groups in total. The largest absolute Gasteiger partial charge is 0.364 e. The molecule has 0 aliphatic heterocycles. The second-order valence-electron chi connectivity index (χ2n) is 5.25. The van der Waals surface area contributed by atoms with Gasteiger partial charge >= 0.3 is 0 Å². The average Bonchev–Trinajstić information content (AvgIpc) is 2.14. The van der Waals surface area contributed by atoms with Crippen LogP contribution in [-0.2, 0) is 9.53 Å². The number of hydrogen-bond acceptors (Lipinski definition) is 2. The van der Waals surface area contributed by atoms with E-state index in [0.717, 1.165) is 6.42 Å². The molecule has 2 unspecified atom stereocenters. The second-order valence-corrected chi connectivity index (χ2v) is 5.25. The molecule has 0 aromatic heterocycles. The highest BCUT2D eigenvalue weighted by Crippen LogP contribution is 2.24. The van der Waals surface area contributed by atoms with E-state index in [0.29, 0.717) is 17.9 Å². The summed E-state index contributed by atoms with van der Waals surface area (Å²) in [5, 5.41) is 0. The maximum Gasteiger partial charge on any atom is 0.189 e. The third-order valence-corrected chi connectivity index (χ3v) is 2.81. The van der Waals surface area contributed by atoms with Gasteiger partial charge in [0.1, 0.15) is 5.60 Å². The minimum atomic E-state index is -0.708. The molecular formula is C14H26O2. The molecular weight excluding hydrogens is 200 g/mol. The number of hydrogen-bond donors (Lipinski definition) is 0. The lowest BCUT2D eigenvalue weighted by molar-refractivity contribution is -0.146. The van der Waals surface area contributed by atoms with Crippen LogP contribution in [0.1, 0.15) is 54.4 Å². The molecule has 16 heavy (non-hydrogen) atoms. The lowest BCUT2D eigenvalue weighted by atomic mass is 9.92. The van der Waals surface area contributed by atoms with Gasteiger partial charge in [0.15, 0.2) is 5.78 Å². The van der Waals surface area contributed by atoms with E-state index in [-0.39, 0.29) is 11.9 Å². The second kappa shape index (κ2) is 6.19. The van der Waals surface area contributed by atoms with Crippen molar-refractivity contribution < 1.29 is 9.53 Å². The van der Waals surface area contributed by atoms with Crippen LogP contribution in [0.5, 0.6) is 0 Å². The molecule has 0 amide bonds. The van der Waals surface area contributed by atoms with Gasteiger partial charge in [-0.25, -0.2) is 0 Å². The van der Waals surface area contributed by atoms with Crippen molar-refractivity contribution in [1.82, 2.24) is 0 Å². The number of rotatable bonds is 7. The van der Waals surface area contributed by atoms with Gasteiger partial charge < -0.3 is 4.74 Å². The van der Waals surface area contributed by atoms with Gasteiger partial charge in [-0.2, -0.15) is 0 Å². The van der Waals surface area contributed by atoms with Gasteiger partial charge in [-0.15, -0.1) is 0 Å². The number of ether oxygens (including phenoxy) is 1. The van der Waals surface area contributed by atoms with E-state index < -0.39 is 5.60 Å². The van der Waals surface area contributed by atoms with E-state index in [9.17, 15) is 4.79 Å². The SMILES string of the molecule is C=C(C)C(=O)C(C)(CC)OC(C)CC(C)C. The number of carbonyl (C=O) groups excluding carboxylic acids is 1. The summed E-state index contributed by atoms with van der Waals surface area (Å²) in [4.78, 5) is 12.0. The van der Waals surface area contributed by atoms with E-state index in [2.05, 4.69) is 20.4 Å². The Morgan fingerprint density at radius 3 is 2.19 bits per heavy atom. The zero-order chi connectivity index (χ0) is 12.9. The van der Waals surface area contributed by atoms with Gasteiger partial charge in [-0.1, -0.05) is 27.4 Å². The molecule has 0 aliphatic carbocycles. The van der Waals surface area contributed by atoms with Gasteiger partial charge in [0.2, 0.25) is 0 Å². The van der Waals surface area contributed by atoms with Gasteiger partial charge in [0.05, 0.1) is 6.10 Å². The van der Waals surface area contributed by atoms with Gasteiger partial charge in [-0.05, 0) is 45.1 Å². The molecule has 94 valence electrons. The molecule has 0 radical (unpaired) electrons. The van der Waals surface area contributed by atoms with Crippen molar-refractivity contribution in [3.8, 4) is 0 Å². The fourth-order valence-electron chi connectivity index (χ4n) is 1.90. The molecule has 0 saturated heterocycles. The summed E-state index contributed by atoms with van der Waals surface area (Å²) < 4.78 is 5.91. The molecule has 0 aromatic rings. The van der Waals surface area contributed by atoms with Crippen molar-refractivity contribution in [3.63, 3.8) is 0 Å². The predicted molar refractivity (Wildman–Crippen MR) is 68.5 cm³/mol. The Labute approximate surface area is 100 Å². The van der Waals surface area contributed by atoms with Crippen LogP contribution >= 0.6 is 0 Å². The first-order chi connectivity index (χ1) is 7.23. The molecule has 0 aromatic carbocycles. The predicted octanol–water partition coefficient (Wildman–Crippen LogP) is 3.75. The highest BCUT2D eigenvalue weighted by atomic mass is 16.5. The van der Waals surface area contributed by atoms with E-state index in [1.165, 1.54) is 0 Å². The van der Waals surface area contributed by atoms with E-state index in [1.807, 2.05) is 20.8 Å². The Hall–Kier alpha value is -0.630. The topological polar surface area (TPSA) is 26.3 Å². The molecule has 0 saturated carbocycles. The van der Waals surface area contributed by atoms with Crippen LogP contribution in [0.15, 0.2) is 12.2 Å². The highest BCUT2D eigenvalue weighted by Gasteiger charge is 2.34. The quantitative estimate of drug-likeness (QED) is 0.618. The third kappa shape index (κ3) is 4.48. The van der Waals surface area contributed by atoms with Crippen LogP contribution in [0.3, 0.4) is 0 Å². The summed E-state index contributed by atoms with van der Waals surface area (Å²) in [6.07, 6.45) is 1.76. The summed E-state index contributed by atoms with van der Waals surface area (Å²) >= 11 is 0. The summed E-state index contributed by atoms with van der Waals surface area (Å²) in [5.41, 5.74) is -0.138. The Balaban J connectivity index is 4.60. The smallest absolute Gasteiger partial charge is 0.189 e. The van der Waals surface area contributed by atoms with E-state index in [1.54, 1.807) is 6.92 Å². The molecule has 0 rings (SSSR count). The zero-order valence-corrected chi connectivity index (χ0v) is 11.6. The molecule has 0 fully saturated rings. The monoisotopic (exact) mass is 226 g/mol. The Morgan fingerprint density at radius 1 is 1.38 bits per heavy atom. The van der Waals surface area contributed by atoms with Gasteiger partial charge in [0.25, 0.3) is 0 Å². The van der Waals surface area contributed by atoms with Crippen LogP contribution in [-0.4, -0.2) is 17.5 Å². The minimum absolute atomic E-state index is 0.0191. The standard InChI is InChI=1S/C14H26O2/c1-8-14(7,13(15)11(4)5)16-12(6)9-10(2)3/h10,12H,4,8-9H2,1-3,5-7H3. The van der Waals surface area contributed by atoms with Crippen LogP contribution in [0, 0.1) is 5.92 Å². The normalized spacial score (nSPS) is 16.9. The number of ketones is 1. The van der Waals surface area contributed by atoms with Crippen molar-refractivity contribution in [3.05, 3.63) is 12.2 Å². The van der Waals surface area contributed by atoms with Gasteiger partial charge in [-0.3, -0.25) is 4.79 Å². The first-order valence-corrected chi connectivity index (χ1v) is 6.11. The van der Waals surface area contributed by atoms with Crippen LogP contribution in [0.4, 0.5) is 0 Å². The highest BCUT2D eigenvalue weighted by molar-refractivity contribution is 6.00. The van der Waals surface area contributed by atoms with Crippen molar-refractivity contribution in [2.24, 2.45) is 5.92 Å². The molecule has 2 atom stereocenters. The molecule has 0 spiro atoms. The lowest BCUT2D eigenvalue weighted by Crippen LogP contribution is -2.41. The van der Waals surface area contributed by atoms with Crippen LogP contribution in [0.25, 0.3) is 0 Å². The van der Waals surface area contributed by atoms with Crippen molar-refractivity contribution >= 4 is 5.78 Å². The van der Waals surface area contributed by atoms with Gasteiger partial charge in [0, 0.05) is 0 Å². The Kier molecular flexibility index (Phi) is 5.95. The average molecular weight is 226 g/mol. The molecule has 0 bridgehead atoms. The molecule has 2 nitrogen and oxygen atoms in total. The minimum Gasteiger partial charge on any atom is -0.364 e. The zero-order valence-electron chi connectivity index (χ0n) is 11.6. The number of carbonyl (C=O) groups is 1. The van der Waals surface area contributed by atoms with E-state index >= 15 is 0 Å². The van der Waals surface area contributed by atoms with Crippen LogP contribution in [0.2, 0.25) is 0 Å². The maximum atomic E-state index is 12.0. The summed E-state index contributed by atoms with van der Waals surface area (Å²) in [7, 11) is 0. The first-order valence-electron chi connectivity index (χ1n) is 6.11. The fourth-order valence-corrected chi connectivity index (χ4v) is 1.90. The summed E-state index contributed by atoms with van der Waals surface area (Å²) in [6.45, 7) is 15.6. The first kappa shape index (κ1) is 15.4. The number of Topliss-reactive ketones (excluding diaryl/α,β-unsaturated/α-hetero) is 1. The maximum absolute atomic E-state index is 12.0. The summed E-state index contributed by atoms with van der Waals surface area (Å²) in [6, 6.07) is 0. The molecule has 2 heteroatoms. The van der Waals surface area contributed by atoms with Crippen molar-refractivity contribution in [2.75, 3.05) is 0 Å².